The normalized spacial score (nSPS) is 24.1. The molecule has 2 atom stereocenters. The minimum atomic E-state index is -0.0848. The second-order valence-corrected chi connectivity index (χ2v) is 4.52. The Balaban J connectivity index is 2.25. The molecule has 17 heavy (non-hydrogen) atoms. The number of rotatable bonds is 5. The van der Waals surface area contributed by atoms with Gasteiger partial charge in [0, 0.05) is 20.0 Å². The maximum absolute atomic E-state index is 11.8. The van der Waals surface area contributed by atoms with E-state index < -0.39 is 0 Å². The molecule has 2 amide bonds. The van der Waals surface area contributed by atoms with Crippen LogP contribution in [0.2, 0.25) is 0 Å². The third-order valence-corrected chi connectivity index (χ3v) is 3.34. The molecular formula is C12H23N3O2. The topological polar surface area (TPSA) is 70.2 Å². The fraction of sp³-hybridized carbons (Fsp3) is 0.833. The highest BCUT2D eigenvalue weighted by Crippen LogP contribution is 2.19. The monoisotopic (exact) mass is 241 g/mol. The van der Waals surface area contributed by atoms with Crippen LogP contribution in [0, 0.1) is 5.92 Å². The molecule has 1 aliphatic rings. The Morgan fingerprint density at radius 1 is 1.41 bits per heavy atom. The van der Waals surface area contributed by atoms with Crippen molar-refractivity contribution in [3.8, 4) is 0 Å². The molecule has 3 N–H and O–H groups in total. The van der Waals surface area contributed by atoms with Crippen LogP contribution >= 0.6 is 0 Å². The molecule has 1 saturated heterocycles. The molecule has 0 saturated carbocycles. The van der Waals surface area contributed by atoms with E-state index in [4.69, 9.17) is 0 Å². The van der Waals surface area contributed by atoms with Crippen molar-refractivity contribution in [1.82, 2.24) is 16.0 Å². The fourth-order valence-electron chi connectivity index (χ4n) is 2.11. The summed E-state index contributed by atoms with van der Waals surface area (Å²) in [6.07, 6.45) is 3.52. The van der Waals surface area contributed by atoms with Crippen LogP contribution < -0.4 is 16.0 Å². The van der Waals surface area contributed by atoms with Crippen LogP contribution in [-0.4, -0.2) is 38.0 Å². The van der Waals surface area contributed by atoms with Crippen LogP contribution in [0.25, 0.3) is 0 Å². The van der Waals surface area contributed by atoms with Gasteiger partial charge in [-0.15, -0.1) is 0 Å². The molecule has 0 spiro atoms. The van der Waals surface area contributed by atoms with Gasteiger partial charge in [-0.3, -0.25) is 9.59 Å². The minimum absolute atomic E-state index is 0.0204. The lowest BCUT2D eigenvalue weighted by molar-refractivity contribution is -0.124. The highest BCUT2D eigenvalue weighted by molar-refractivity contribution is 5.82. The van der Waals surface area contributed by atoms with Crippen LogP contribution in [-0.2, 0) is 9.59 Å². The van der Waals surface area contributed by atoms with Gasteiger partial charge in [0.15, 0.2) is 0 Å². The zero-order valence-electron chi connectivity index (χ0n) is 10.7. The zero-order valence-corrected chi connectivity index (χ0v) is 10.7. The summed E-state index contributed by atoms with van der Waals surface area (Å²) in [7, 11) is 1.60. The van der Waals surface area contributed by atoms with Gasteiger partial charge in [0.1, 0.15) is 0 Å². The second-order valence-electron chi connectivity index (χ2n) is 4.52. The van der Waals surface area contributed by atoms with Crippen LogP contribution in [0.5, 0.6) is 0 Å². The number of nitrogens with one attached hydrogen (secondary N) is 3. The van der Waals surface area contributed by atoms with Gasteiger partial charge in [-0.05, 0) is 25.3 Å². The molecule has 1 aliphatic heterocycles. The number of hydrogen-bond donors (Lipinski definition) is 3. The summed E-state index contributed by atoms with van der Waals surface area (Å²) in [4.78, 5) is 22.8. The Bertz CT molecular complexity index is 268. The summed E-state index contributed by atoms with van der Waals surface area (Å²) in [5.41, 5.74) is 0. The van der Waals surface area contributed by atoms with E-state index in [1.165, 1.54) is 0 Å². The molecular weight excluding hydrogens is 218 g/mol. The molecule has 0 aromatic rings. The molecule has 0 bridgehead atoms. The van der Waals surface area contributed by atoms with Crippen molar-refractivity contribution >= 4 is 11.8 Å². The van der Waals surface area contributed by atoms with E-state index >= 15 is 0 Å². The van der Waals surface area contributed by atoms with E-state index in [1.54, 1.807) is 7.05 Å². The lowest BCUT2D eigenvalue weighted by Gasteiger charge is -2.28. The van der Waals surface area contributed by atoms with Gasteiger partial charge in [0.25, 0.3) is 0 Å². The molecule has 98 valence electrons. The van der Waals surface area contributed by atoms with Crippen LogP contribution in [0.1, 0.15) is 32.6 Å². The van der Waals surface area contributed by atoms with Crippen molar-refractivity contribution in [3.63, 3.8) is 0 Å². The highest BCUT2D eigenvalue weighted by Gasteiger charge is 2.25. The van der Waals surface area contributed by atoms with Crippen LogP contribution in [0.15, 0.2) is 0 Å². The van der Waals surface area contributed by atoms with E-state index in [1.807, 2.05) is 0 Å². The maximum atomic E-state index is 11.8. The van der Waals surface area contributed by atoms with Crippen molar-refractivity contribution in [2.24, 2.45) is 5.92 Å². The maximum Gasteiger partial charge on any atom is 0.237 e. The average Bonchev–Trinajstić information content (AvgIpc) is 2.38. The van der Waals surface area contributed by atoms with Gasteiger partial charge in [-0.2, -0.15) is 0 Å². The van der Waals surface area contributed by atoms with Gasteiger partial charge in [-0.25, -0.2) is 0 Å². The van der Waals surface area contributed by atoms with Gasteiger partial charge in [0.2, 0.25) is 11.8 Å². The van der Waals surface area contributed by atoms with Crippen molar-refractivity contribution in [2.75, 3.05) is 20.1 Å². The standard InChI is InChI=1S/C12H23N3O2/c1-3-9-4-6-14-10(8-9)12(17)15-7-5-11(16)13-2/h9-10,14H,3-8H2,1-2H3,(H,13,16)(H,15,17). The number of amides is 2. The Hall–Kier alpha value is -1.10. The SMILES string of the molecule is CCC1CCNC(C(=O)NCCC(=O)NC)C1. The predicted octanol–water partition coefficient (Wildman–Crippen LogP) is 0.0169. The first-order valence-corrected chi connectivity index (χ1v) is 6.39. The summed E-state index contributed by atoms with van der Waals surface area (Å²) in [6.45, 7) is 3.48. The number of carbonyl (C=O) groups is 2. The van der Waals surface area contributed by atoms with E-state index in [9.17, 15) is 9.59 Å². The van der Waals surface area contributed by atoms with Gasteiger partial charge >= 0.3 is 0 Å². The van der Waals surface area contributed by atoms with Crippen molar-refractivity contribution in [3.05, 3.63) is 0 Å². The van der Waals surface area contributed by atoms with Crippen LogP contribution in [0.4, 0.5) is 0 Å². The second kappa shape index (κ2) is 7.27. The summed E-state index contributed by atoms with van der Waals surface area (Å²) in [6, 6.07) is -0.0848. The molecule has 1 fully saturated rings. The number of hydrogen-bond acceptors (Lipinski definition) is 3. The first-order chi connectivity index (χ1) is 8.17. The molecule has 2 unspecified atom stereocenters. The molecule has 0 aliphatic carbocycles. The molecule has 5 heteroatoms. The van der Waals surface area contributed by atoms with Crippen molar-refractivity contribution in [2.45, 2.75) is 38.6 Å². The highest BCUT2D eigenvalue weighted by atomic mass is 16.2. The first kappa shape index (κ1) is 14.0. The summed E-state index contributed by atoms with van der Waals surface area (Å²) in [5.74, 6) is 0.617. The molecule has 1 rings (SSSR count). The Kier molecular flexibility index (Phi) is 5.97. The molecule has 0 aromatic carbocycles. The summed E-state index contributed by atoms with van der Waals surface area (Å²) >= 11 is 0. The molecule has 1 heterocycles. The Morgan fingerprint density at radius 3 is 2.82 bits per heavy atom. The lowest BCUT2D eigenvalue weighted by atomic mass is 9.90. The third kappa shape index (κ3) is 4.73. The third-order valence-electron chi connectivity index (χ3n) is 3.34. The average molecular weight is 241 g/mol. The lowest BCUT2D eigenvalue weighted by Crippen LogP contribution is -2.49. The minimum Gasteiger partial charge on any atom is -0.359 e. The van der Waals surface area contributed by atoms with Crippen molar-refractivity contribution in [1.29, 1.82) is 0 Å². The largest absolute Gasteiger partial charge is 0.359 e. The van der Waals surface area contributed by atoms with E-state index in [-0.39, 0.29) is 17.9 Å². The smallest absolute Gasteiger partial charge is 0.237 e. The first-order valence-electron chi connectivity index (χ1n) is 6.39. The zero-order chi connectivity index (χ0) is 12.7. The Morgan fingerprint density at radius 2 is 2.18 bits per heavy atom. The summed E-state index contributed by atoms with van der Waals surface area (Å²) in [5, 5.41) is 8.55. The number of carbonyl (C=O) groups excluding carboxylic acids is 2. The molecule has 0 aromatic heterocycles. The Labute approximate surface area is 103 Å². The number of piperidine rings is 1. The molecule has 0 radical (unpaired) electrons. The van der Waals surface area contributed by atoms with E-state index in [0.717, 1.165) is 25.8 Å². The van der Waals surface area contributed by atoms with E-state index in [2.05, 4.69) is 22.9 Å². The fourth-order valence-corrected chi connectivity index (χ4v) is 2.11. The van der Waals surface area contributed by atoms with Gasteiger partial charge in [0.05, 0.1) is 6.04 Å². The van der Waals surface area contributed by atoms with Gasteiger partial charge < -0.3 is 16.0 Å². The quantitative estimate of drug-likeness (QED) is 0.635. The van der Waals surface area contributed by atoms with Crippen LogP contribution in [0.3, 0.4) is 0 Å². The van der Waals surface area contributed by atoms with Gasteiger partial charge in [-0.1, -0.05) is 13.3 Å². The molecule has 5 nitrogen and oxygen atoms in total. The van der Waals surface area contributed by atoms with E-state index in [0.29, 0.717) is 18.9 Å². The summed E-state index contributed by atoms with van der Waals surface area (Å²) < 4.78 is 0. The van der Waals surface area contributed by atoms with Crippen molar-refractivity contribution < 1.29 is 9.59 Å². The predicted molar refractivity (Wildman–Crippen MR) is 66.5 cm³/mol.